The number of anilines is 1. The number of nitrogens with one attached hydrogen (secondary N) is 1. The quantitative estimate of drug-likeness (QED) is 0.311. The van der Waals surface area contributed by atoms with Crippen molar-refractivity contribution in [3.05, 3.63) is 77.1 Å². The zero-order valence-corrected chi connectivity index (χ0v) is 25.7. The molecule has 6 rings (SSSR count). The summed E-state index contributed by atoms with van der Waals surface area (Å²) in [4.78, 5) is 56.0. The summed E-state index contributed by atoms with van der Waals surface area (Å²) in [5, 5.41) is 1.01. The van der Waals surface area contributed by atoms with Crippen molar-refractivity contribution in [1.82, 2.24) is 24.4 Å². The van der Waals surface area contributed by atoms with Gasteiger partial charge in [0.25, 0.3) is 5.56 Å². The third-order valence-electron chi connectivity index (χ3n) is 8.80. The number of aryl methyl sites for hydroxylation is 1. The van der Waals surface area contributed by atoms with Crippen LogP contribution in [0, 0.1) is 5.41 Å². The number of hydrogen-bond donors (Lipinski definition) is 1. The van der Waals surface area contributed by atoms with Crippen LogP contribution in [0.2, 0.25) is 0 Å². The van der Waals surface area contributed by atoms with E-state index in [9.17, 15) is 14.4 Å². The van der Waals surface area contributed by atoms with Crippen molar-refractivity contribution in [1.29, 1.82) is 0 Å². The molecule has 4 aromatic rings. The lowest BCUT2D eigenvalue weighted by atomic mass is 9.78. The molecule has 10 heteroatoms. The Morgan fingerprint density at radius 3 is 2.50 bits per heavy atom. The van der Waals surface area contributed by atoms with E-state index in [0.29, 0.717) is 50.5 Å². The summed E-state index contributed by atoms with van der Waals surface area (Å²) < 4.78 is 7.16. The number of Topliss-reactive ketones (excluding diaryl/α,β-unsaturated/α-hetero) is 1. The molecule has 0 bridgehead atoms. The largest absolute Gasteiger partial charge is 0.444 e. The molecule has 2 saturated heterocycles. The summed E-state index contributed by atoms with van der Waals surface area (Å²) in [6.45, 7) is 8.29. The van der Waals surface area contributed by atoms with Crippen molar-refractivity contribution in [3.63, 3.8) is 0 Å². The number of aromatic nitrogens is 4. The van der Waals surface area contributed by atoms with Gasteiger partial charge in [-0.2, -0.15) is 0 Å². The molecule has 1 N–H and O–H groups in total. The molecule has 230 valence electrons. The Hall–Kier alpha value is -4.47. The molecule has 1 aromatic carbocycles. The maximum atomic E-state index is 14.0. The van der Waals surface area contributed by atoms with Gasteiger partial charge in [-0.15, -0.1) is 0 Å². The van der Waals surface area contributed by atoms with Crippen LogP contribution in [0.15, 0.2) is 65.8 Å². The zero-order chi connectivity index (χ0) is 30.9. The second kappa shape index (κ2) is 11.9. The molecule has 1 amide bonds. The Kier molecular flexibility index (Phi) is 8.00. The van der Waals surface area contributed by atoms with Crippen molar-refractivity contribution >= 4 is 28.6 Å². The molecule has 2 fully saturated rings. The van der Waals surface area contributed by atoms with Gasteiger partial charge in [0.2, 0.25) is 0 Å². The molecule has 2 aliphatic rings. The summed E-state index contributed by atoms with van der Waals surface area (Å²) in [6.07, 6.45) is 8.47. The van der Waals surface area contributed by atoms with Gasteiger partial charge in [0.05, 0.1) is 18.4 Å². The van der Waals surface area contributed by atoms with Crippen LogP contribution in [-0.4, -0.2) is 68.1 Å². The molecule has 0 saturated carbocycles. The number of fused-ring (bicyclic) bond motifs is 1. The van der Waals surface area contributed by atoms with E-state index in [2.05, 4.69) is 19.9 Å². The first-order valence-electron chi connectivity index (χ1n) is 15.4. The topological polar surface area (TPSA) is 113 Å². The van der Waals surface area contributed by atoms with E-state index in [1.165, 1.54) is 0 Å². The molecular weight excluding hydrogens is 556 g/mol. The van der Waals surface area contributed by atoms with Crippen LogP contribution in [0.5, 0.6) is 0 Å². The van der Waals surface area contributed by atoms with Crippen LogP contribution < -0.4 is 10.5 Å². The average molecular weight is 597 g/mol. The normalized spacial score (nSPS) is 16.5. The van der Waals surface area contributed by atoms with E-state index in [1.54, 1.807) is 28.1 Å². The minimum absolute atomic E-state index is 0.0144. The minimum atomic E-state index is -0.524. The van der Waals surface area contributed by atoms with Crippen molar-refractivity contribution in [3.8, 4) is 11.3 Å². The van der Waals surface area contributed by atoms with Gasteiger partial charge < -0.3 is 19.5 Å². The van der Waals surface area contributed by atoms with Crippen molar-refractivity contribution in [2.24, 2.45) is 5.41 Å². The first-order chi connectivity index (χ1) is 21.1. The molecule has 5 heterocycles. The summed E-state index contributed by atoms with van der Waals surface area (Å²) in [5.74, 6) is 0.359. The van der Waals surface area contributed by atoms with Gasteiger partial charge in [-0.05, 0) is 69.6 Å². The average Bonchev–Trinajstić information content (AvgIpc) is 3.61. The number of aromatic amines is 1. The van der Waals surface area contributed by atoms with Gasteiger partial charge in [0, 0.05) is 61.6 Å². The monoisotopic (exact) mass is 596 g/mol. The Morgan fingerprint density at radius 1 is 1.02 bits per heavy atom. The summed E-state index contributed by atoms with van der Waals surface area (Å²) in [6, 6.07) is 13.5. The molecule has 0 atom stereocenters. The second-order valence-corrected chi connectivity index (χ2v) is 13.2. The molecule has 44 heavy (non-hydrogen) atoms. The Labute approximate surface area is 257 Å². The number of carbonyl (C=O) groups is 2. The van der Waals surface area contributed by atoms with E-state index in [0.717, 1.165) is 41.4 Å². The Balaban J connectivity index is 1.18. The third-order valence-corrected chi connectivity index (χ3v) is 8.80. The van der Waals surface area contributed by atoms with E-state index >= 15 is 0 Å². The summed E-state index contributed by atoms with van der Waals surface area (Å²) in [7, 11) is 0. The highest BCUT2D eigenvalue weighted by Crippen LogP contribution is 2.41. The number of carbonyl (C=O) groups excluding carboxylic acids is 2. The fourth-order valence-electron chi connectivity index (χ4n) is 6.40. The SMILES string of the molecule is CC(C)(C)OC(=O)N1CCC2(CC1)CCN(c1ncc(-c3ccccc3)n(CC(=O)CCc3cc4cnccc4[nH]3)c1=O)C2. The van der Waals surface area contributed by atoms with Gasteiger partial charge in [-0.1, -0.05) is 30.3 Å². The molecule has 2 aliphatic heterocycles. The highest BCUT2D eigenvalue weighted by atomic mass is 16.6. The number of H-pyrrole nitrogens is 1. The Morgan fingerprint density at radius 2 is 1.77 bits per heavy atom. The minimum Gasteiger partial charge on any atom is -0.444 e. The second-order valence-electron chi connectivity index (χ2n) is 13.2. The van der Waals surface area contributed by atoms with Gasteiger partial charge in [-0.25, -0.2) is 9.78 Å². The summed E-state index contributed by atoms with van der Waals surface area (Å²) in [5.41, 5.74) is 2.66. The number of likely N-dealkylation sites (tertiary alicyclic amines) is 1. The van der Waals surface area contributed by atoms with Crippen LogP contribution in [0.25, 0.3) is 22.2 Å². The molecule has 1 spiro atoms. The molecule has 0 aliphatic carbocycles. The van der Waals surface area contributed by atoms with Crippen LogP contribution in [-0.2, 0) is 22.5 Å². The number of ketones is 1. The lowest BCUT2D eigenvalue weighted by Crippen LogP contribution is -2.46. The molecule has 0 unspecified atom stereocenters. The highest BCUT2D eigenvalue weighted by molar-refractivity contribution is 5.81. The number of hydrogen-bond acceptors (Lipinski definition) is 7. The van der Waals surface area contributed by atoms with Gasteiger partial charge in [0.15, 0.2) is 11.6 Å². The molecule has 10 nitrogen and oxygen atoms in total. The standard InChI is InChI=1S/C34H40N6O4/c1-33(2,3)44-32(43)38-16-12-34(13-17-38)14-18-39(23-34)30-31(42)40(29(21-36-30)24-7-5-4-6-8-24)22-27(41)10-9-26-19-25-20-35-15-11-28(25)37-26/h4-8,11,15,19-21,37H,9-10,12-14,16-18,22-23H2,1-3H3. The van der Waals surface area contributed by atoms with Gasteiger partial charge >= 0.3 is 6.09 Å². The number of piperidine rings is 1. The smallest absolute Gasteiger partial charge is 0.410 e. The van der Waals surface area contributed by atoms with Crippen molar-refractivity contribution in [2.45, 2.75) is 65.0 Å². The fourth-order valence-corrected chi connectivity index (χ4v) is 6.40. The van der Waals surface area contributed by atoms with E-state index < -0.39 is 5.60 Å². The number of amides is 1. The van der Waals surface area contributed by atoms with Crippen molar-refractivity contribution < 1.29 is 14.3 Å². The lowest BCUT2D eigenvalue weighted by molar-refractivity contribution is -0.119. The van der Waals surface area contributed by atoms with Crippen LogP contribution in [0.1, 0.15) is 52.1 Å². The number of rotatable bonds is 7. The highest BCUT2D eigenvalue weighted by Gasteiger charge is 2.43. The molecule has 3 aromatic heterocycles. The van der Waals surface area contributed by atoms with Crippen molar-refractivity contribution in [2.75, 3.05) is 31.1 Å². The maximum absolute atomic E-state index is 14.0. The summed E-state index contributed by atoms with van der Waals surface area (Å²) >= 11 is 0. The number of ether oxygens (including phenoxy) is 1. The first kappa shape index (κ1) is 29.6. The van der Waals surface area contributed by atoms with Crippen LogP contribution in [0.3, 0.4) is 0 Å². The van der Waals surface area contributed by atoms with Crippen LogP contribution >= 0.6 is 0 Å². The Bertz CT molecular complexity index is 1680. The zero-order valence-electron chi connectivity index (χ0n) is 25.7. The van der Waals surface area contributed by atoms with Gasteiger partial charge in [0.1, 0.15) is 5.60 Å². The number of benzene rings is 1. The first-order valence-corrected chi connectivity index (χ1v) is 15.4. The predicted octanol–water partition coefficient (Wildman–Crippen LogP) is 5.22. The fraction of sp³-hybridized carbons (Fsp3) is 0.441. The predicted molar refractivity (Wildman–Crippen MR) is 170 cm³/mol. The van der Waals surface area contributed by atoms with Crippen LogP contribution in [0.4, 0.5) is 10.6 Å². The number of nitrogens with zero attached hydrogens (tertiary/aromatic N) is 5. The van der Waals surface area contributed by atoms with E-state index in [1.807, 2.05) is 63.2 Å². The van der Waals surface area contributed by atoms with Gasteiger partial charge in [-0.3, -0.25) is 19.1 Å². The van der Waals surface area contributed by atoms with E-state index in [4.69, 9.17) is 4.74 Å². The lowest BCUT2D eigenvalue weighted by Gasteiger charge is -2.39. The number of pyridine rings is 1. The molecule has 0 radical (unpaired) electrons. The van der Waals surface area contributed by atoms with E-state index in [-0.39, 0.29) is 29.4 Å². The molecular formula is C34H40N6O4. The third kappa shape index (κ3) is 6.39. The maximum Gasteiger partial charge on any atom is 0.410 e.